The molecule has 1 aromatic rings. The molecule has 2 N–H and O–H groups in total. The van der Waals surface area contributed by atoms with Gasteiger partial charge in [-0.15, -0.1) is 12.6 Å². The molecular formula is C13H21N3OS2. The van der Waals surface area contributed by atoms with Gasteiger partial charge in [0.25, 0.3) is 0 Å². The third-order valence-corrected chi connectivity index (χ3v) is 4.74. The second-order valence-corrected chi connectivity index (χ2v) is 6.72. The number of hydrogen-bond donors (Lipinski definition) is 3. The number of anilines is 2. The number of morpholine rings is 1. The number of benzene rings is 1. The van der Waals surface area contributed by atoms with Crippen LogP contribution in [0.5, 0.6) is 0 Å². The Morgan fingerprint density at radius 1 is 1.47 bits per heavy atom. The Hall–Kier alpha value is -0.560. The van der Waals surface area contributed by atoms with Gasteiger partial charge in [-0.3, -0.25) is 4.90 Å². The maximum absolute atomic E-state index is 5.35. The van der Waals surface area contributed by atoms with E-state index in [1.807, 2.05) is 0 Å². The summed E-state index contributed by atoms with van der Waals surface area (Å²) in [7, 11) is 0. The molecule has 106 valence electrons. The Morgan fingerprint density at radius 2 is 2.32 bits per heavy atom. The highest BCUT2D eigenvalue weighted by molar-refractivity contribution is 8.10. The lowest BCUT2D eigenvalue weighted by atomic mass is 10.2. The minimum atomic E-state index is 0. The summed E-state index contributed by atoms with van der Waals surface area (Å²) >= 11 is 6.18. The van der Waals surface area contributed by atoms with Crippen LogP contribution in [0.1, 0.15) is 1.43 Å². The third kappa shape index (κ3) is 3.51. The highest BCUT2D eigenvalue weighted by Gasteiger charge is 2.18. The highest BCUT2D eigenvalue weighted by Crippen LogP contribution is 2.40. The van der Waals surface area contributed by atoms with E-state index in [4.69, 9.17) is 4.74 Å². The molecule has 2 heterocycles. The average molecular weight is 299 g/mol. The smallest absolute Gasteiger partial charge is 0.121 e. The van der Waals surface area contributed by atoms with E-state index in [1.165, 1.54) is 16.3 Å². The third-order valence-electron chi connectivity index (χ3n) is 3.36. The van der Waals surface area contributed by atoms with Crippen LogP contribution in [0.2, 0.25) is 0 Å². The van der Waals surface area contributed by atoms with E-state index in [0.717, 1.165) is 39.4 Å². The normalized spacial score (nSPS) is 22.9. The van der Waals surface area contributed by atoms with Gasteiger partial charge in [-0.25, -0.2) is 0 Å². The van der Waals surface area contributed by atoms with Crippen LogP contribution in [0.15, 0.2) is 23.1 Å². The van der Waals surface area contributed by atoms with Crippen molar-refractivity contribution in [2.75, 3.05) is 50.0 Å². The molecule has 1 saturated heterocycles. The second-order valence-electron chi connectivity index (χ2n) is 4.71. The number of hydrogen-bond acceptors (Lipinski definition) is 6. The van der Waals surface area contributed by atoms with E-state index >= 15 is 0 Å². The summed E-state index contributed by atoms with van der Waals surface area (Å²) in [5.41, 5.74) is 2.37. The van der Waals surface area contributed by atoms with Gasteiger partial charge < -0.3 is 15.4 Å². The van der Waals surface area contributed by atoms with Crippen molar-refractivity contribution in [3.05, 3.63) is 18.2 Å². The van der Waals surface area contributed by atoms with E-state index in [1.54, 1.807) is 11.8 Å². The van der Waals surface area contributed by atoms with Crippen LogP contribution >= 0.6 is 24.4 Å². The first kappa shape index (κ1) is 13.4. The lowest BCUT2D eigenvalue weighted by Gasteiger charge is -2.26. The first-order valence-corrected chi connectivity index (χ1v) is 8.00. The van der Waals surface area contributed by atoms with Crippen molar-refractivity contribution >= 4 is 35.8 Å². The summed E-state index contributed by atoms with van der Waals surface area (Å²) in [5, 5.41) is 6.80. The molecular weight excluding hydrogens is 278 g/mol. The molecule has 0 aromatic heterocycles. The van der Waals surface area contributed by atoms with Gasteiger partial charge >= 0.3 is 0 Å². The first-order valence-electron chi connectivity index (χ1n) is 6.60. The maximum Gasteiger partial charge on any atom is 0.121 e. The zero-order chi connectivity index (χ0) is 13.1. The predicted octanol–water partition coefficient (Wildman–Crippen LogP) is 2.41. The van der Waals surface area contributed by atoms with Crippen molar-refractivity contribution in [3.63, 3.8) is 0 Å². The minimum Gasteiger partial charge on any atom is -0.384 e. The molecule has 0 bridgehead atoms. The summed E-state index contributed by atoms with van der Waals surface area (Å²) in [4.78, 5) is 3.71. The number of nitrogens with one attached hydrogen (secondary N) is 2. The highest BCUT2D eigenvalue weighted by atomic mass is 32.2. The number of thiol groups is 1. The number of thioether (sulfide) groups is 1. The van der Waals surface area contributed by atoms with Crippen LogP contribution in [-0.2, 0) is 4.74 Å². The summed E-state index contributed by atoms with van der Waals surface area (Å²) in [6.45, 7) is 5.87. The summed E-state index contributed by atoms with van der Waals surface area (Å²) in [6, 6.07) is 6.44. The van der Waals surface area contributed by atoms with Crippen LogP contribution in [0, 0.1) is 0 Å². The van der Waals surface area contributed by atoms with Gasteiger partial charge in [-0.1, -0.05) is 11.8 Å². The monoisotopic (exact) mass is 299 g/mol. The van der Waals surface area contributed by atoms with Crippen LogP contribution in [0.3, 0.4) is 0 Å². The van der Waals surface area contributed by atoms with E-state index in [9.17, 15) is 0 Å². The molecule has 1 aromatic carbocycles. The number of fused-ring (bicyclic) bond motifs is 1. The second kappa shape index (κ2) is 6.26. The molecule has 6 heteroatoms. The molecule has 19 heavy (non-hydrogen) atoms. The van der Waals surface area contributed by atoms with Crippen LogP contribution in [-0.4, -0.2) is 49.0 Å². The van der Waals surface area contributed by atoms with Crippen molar-refractivity contribution in [2.24, 2.45) is 0 Å². The largest absolute Gasteiger partial charge is 0.384 e. The lowest BCUT2D eigenvalue weighted by molar-refractivity contribution is 0.0398. The van der Waals surface area contributed by atoms with Gasteiger partial charge in [-0.2, -0.15) is 0 Å². The van der Waals surface area contributed by atoms with Gasteiger partial charge in [0.15, 0.2) is 0 Å². The van der Waals surface area contributed by atoms with Crippen molar-refractivity contribution in [2.45, 2.75) is 9.60 Å². The standard InChI is InChI=1S/C13H19N3OS2.H2/c18-13-15-11-2-1-10(9-12(11)19-13)14-3-4-16-5-7-17-8-6-16;/h1-2,9,13-15,18H,3-8H2;1H. The molecule has 3 rings (SSSR count). The topological polar surface area (TPSA) is 36.5 Å². The van der Waals surface area contributed by atoms with E-state index in [-0.39, 0.29) is 6.13 Å². The molecule has 1 unspecified atom stereocenters. The zero-order valence-corrected chi connectivity index (χ0v) is 12.5. The zero-order valence-electron chi connectivity index (χ0n) is 10.8. The molecule has 4 nitrogen and oxygen atoms in total. The Labute approximate surface area is 125 Å². The molecule has 0 saturated carbocycles. The SMILES string of the molecule is SC1Nc2ccc(NCCN3CCOCC3)cc2S1.[HH]. The predicted molar refractivity (Wildman–Crippen MR) is 86.6 cm³/mol. The molecule has 0 amide bonds. The molecule has 0 spiro atoms. The van der Waals surface area contributed by atoms with Gasteiger partial charge in [0, 0.05) is 43.9 Å². The number of rotatable bonds is 4. The molecule has 2 aliphatic rings. The quantitative estimate of drug-likeness (QED) is 0.745. The summed E-state index contributed by atoms with van der Waals surface area (Å²) in [5.74, 6) is 0. The average Bonchev–Trinajstić information content (AvgIpc) is 2.79. The van der Waals surface area contributed by atoms with E-state index in [2.05, 4.69) is 46.4 Å². The Balaban J connectivity index is 0.00000147. The molecule has 2 aliphatic heterocycles. The Kier molecular flexibility index (Phi) is 4.42. The Morgan fingerprint density at radius 3 is 3.16 bits per heavy atom. The number of ether oxygens (including phenoxy) is 1. The molecule has 0 radical (unpaired) electrons. The first-order chi connectivity index (χ1) is 9.31. The Bertz CT molecular complexity index is 444. The fraction of sp³-hybridized carbons (Fsp3) is 0.538. The summed E-state index contributed by atoms with van der Waals surface area (Å²) < 4.78 is 5.52. The molecule has 0 aliphatic carbocycles. The van der Waals surface area contributed by atoms with Crippen molar-refractivity contribution in [1.29, 1.82) is 0 Å². The van der Waals surface area contributed by atoms with Crippen LogP contribution in [0.4, 0.5) is 11.4 Å². The summed E-state index contributed by atoms with van der Waals surface area (Å²) in [6.07, 6.45) is 0. The van der Waals surface area contributed by atoms with Crippen LogP contribution < -0.4 is 10.6 Å². The molecule has 1 atom stereocenters. The van der Waals surface area contributed by atoms with Gasteiger partial charge in [0.1, 0.15) is 4.71 Å². The maximum atomic E-state index is 5.35. The van der Waals surface area contributed by atoms with Crippen molar-refractivity contribution in [3.8, 4) is 0 Å². The van der Waals surface area contributed by atoms with E-state index in [0.29, 0.717) is 0 Å². The van der Waals surface area contributed by atoms with Gasteiger partial charge in [0.05, 0.1) is 13.2 Å². The van der Waals surface area contributed by atoms with Gasteiger partial charge in [0.2, 0.25) is 0 Å². The minimum absolute atomic E-state index is 0. The van der Waals surface area contributed by atoms with Crippen molar-refractivity contribution < 1.29 is 6.16 Å². The number of nitrogens with zero attached hydrogens (tertiary/aromatic N) is 1. The molecule has 1 fully saturated rings. The van der Waals surface area contributed by atoms with Crippen LogP contribution in [0.25, 0.3) is 0 Å². The van der Waals surface area contributed by atoms with Crippen molar-refractivity contribution in [1.82, 2.24) is 4.90 Å². The fourth-order valence-corrected chi connectivity index (χ4v) is 3.67. The fourth-order valence-electron chi connectivity index (χ4n) is 2.31. The lowest BCUT2D eigenvalue weighted by Crippen LogP contribution is -2.38. The van der Waals surface area contributed by atoms with Gasteiger partial charge in [-0.05, 0) is 18.2 Å². The van der Waals surface area contributed by atoms with E-state index < -0.39 is 0 Å².